The van der Waals surface area contributed by atoms with Crippen molar-refractivity contribution in [1.82, 2.24) is 0 Å². The van der Waals surface area contributed by atoms with Gasteiger partial charge in [0.15, 0.2) is 0 Å². The Balaban J connectivity index is 0. The first kappa shape index (κ1) is 19.6. The first-order chi connectivity index (χ1) is 8.83. The number of ether oxygens (including phenoxy) is 4. The second kappa shape index (κ2) is 21.5. The quantitative estimate of drug-likeness (QED) is 0.334. The molecule has 0 aliphatic carbocycles. The van der Waals surface area contributed by atoms with E-state index in [-0.39, 0.29) is 6.61 Å². The molecule has 0 atom stereocenters. The summed E-state index contributed by atoms with van der Waals surface area (Å²) in [6.07, 6.45) is 2.76. The Bertz CT molecular complexity index is 167. The van der Waals surface area contributed by atoms with E-state index in [9.17, 15) is 0 Å². The van der Waals surface area contributed by atoms with Gasteiger partial charge in [0.25, 0.3) is 0 Å². The summed E-state index contributed by atoms with van der Waals surface area (Å²) in [4.78, 5) is 0. The third-order valence-corrected chi connectivity index (χ3v) is 1.54. The second-order valence-corrected chi connectivity index (χ2v) is 3.09. The minimum atomic E-state index is 0.0551. The Hall–Kier alpha value is -0.750. The van der Waals surface area contributed by atoms with Crippen LogP contribution >= 0.6 is 11.6 Å². The SMILES string of the molecule is C=COCCCl.C=COCCOCCOCCO. The molecule has 0 bridgehead atoms. The molecule has 0 fully saturated rings. The van der Waals surface area contributed by atoms with E-state index in [1.54, 1.807) is 0 Å². The number of halogens is 1. The van der Waals surface area contributed by atoms with Crippen molar-refractivity contribution in [2.45, 2.75) is 0 Å². The molecule has 0 aliphatic heterocycles. The average molecular weight is 283 g/mol. The smallest absolute Gasteiger partial charge is 0.111 e. The molecule has 6 heteroatoms. The highest BCUT2D eigenvalue weighted by Crippen LogP contribution is 1.80. The van der Waals surface area contributed by atoms with Gasteiger partial charge in [0.2, 0.25) is 0 Å². The van der Waals surface area contributed by atoms with Crippen molar-refractivity contribution in [2.75, 3.05) is 52.1 Å². The van der Waals surface area contributed by atoms with Crippen LogP contribution < -0.4 is 0 Å². The Morgan fingerprint density at radius 2 is 1.33 bits per heavy atom. The summed E-state index contributed by atoms with van der Waals surface area (Å²) in [5.74, 6) is 0.534. The molecular formula is C12H23ClO5. The van der Waals surface area contributed by atoms with E-state index in [0.717, 1.165) is 0 Å². The summed E-state index contributed by atoms with van der Waals surface area (Å²) in [7, 11) is 0. The lowest BCUT2D eigenvalue weighted by molar-refractivity contribution is 0.0204. The molecule has 108 valence electrons. The fourth-order valence-corrected chi connectivity index (χ4v) is 0.794. The van der Waals surface area contributed by atoms with E-state index in [2.05, 4.69) is 17.9 Å². The van der Waals surface area contributed by atoms with E-state index in [1.807, 2.05) is 0 Å². The molecule has 0 saturated carbocycles. The minimum absolute atomic E-state index is 0.0551. The molecule has 0 aromatic carbocycles. The zero-order valence-electron chi connectivity index (χ0n) is 10.7. The first-order valence-corrected chi connectivity index (χ1v) is 6.14. The molecule has 0 aromatic heterocycles. The Labute approximate surface area is 114 Å². The Kier molecular flexibility index (Phi) is 23.4. The molecule has 0 saturated heterocycles. The van der Waals surface area contributed by atoms with Crippen molar-refractivity contribution in [1.29, 1.82) is 0 Å². The lowest BCUT2D eigenvalue weighted by Crippen LogP contribution is -2.09. The van der Waals surface area contributed by atoms with Crippen molar-refractivity contribution in [2.24, 2.45) is 0 Å². The molecule has 0 heterocycles. The van der Waals surface area contributed by atoms with Gasteiger partial charge in [0.05, 0.1) is 51.4 Å². The molecule has 18 heavy (non-hydrogen) atoms. The number of aliphatic hydroxyl groups is 1. The standard InChI is InChI=1S/C8H16O4.C4H7ClO/c1-2-10-5-6-12-8-7-11-4-3-9;1-2-6-4-3-5/h2,9H,1,3-8H2;2H,1,3-4H2. The zero-order chi connectivity index (χ0) is 13.9. The summed E-state index contributed by atoms with van der Waals surface area (Å²) in [5.41, 5.74) is 0. The van der Waals surface area contributed by atoms with Gasteiger partial charge < -0.3 is 24.1 Å². The fraction of sp³-hybridized carbons (Fsp3) is 0.667. The van der Waals surface area contributed by atoms with Crippen molar-refractivity contribution in [3.8, 4) is 0 Å². The number of alkyl halides is 1. The first-order valence-electron chi connectivity index (χ1n) is 5.60. The molecule has 0 unspecified atom stereocenters. The van der Waals surface area contributed by atoms with Crippen molar-refractivity contribution < 1.29 is 24.1 Å². The van der Waals surface area contributed by atoms with E-state index >= 15 is 0 Å². The molecule has 5 nitrogen and oxygen atoms in total. The van der Waals surface area contributed by atoms with Crippen molar-refractivity contribution >= 4 is 11.6 Å². The minimum Gasteiger partial charge on any atom is -0.501 e. The van der Waals surface area contributed by atoms with E-state index in [4.69, 9.17) is 30.9 Å². The molecule has 0 amide bonds. The number of hydrogen-bond acceptors (Lipinski definition) is 5. The molecule has 0 radical (unpaired) electrons. The van der Waals surface area contributed by atoms with Gasteiger partial charge in [-0.15, -0.1) is 11.6 Å². The predicted octanol–water partition coefficient (Wildman–Crippen LogP) is 1.56. The summed E-state index contributed by atoms with van der Waals surface area (Å²) in [6, 6.07) is 0. The third kappa shape index (κ3) is 24.5. The monoisotopic (exact) mass is 282 g/mol. The molecule has 0 spiro atoms. The summed E-state index contributed by atoms with van der Waals surface area (Å²) >= 11 is 5.21. The second-order valence-electron chi connectivity index (χ2n) is 2.71. The predicted molar refractivity (Wildman–Crippen MR) is 71.7 cm³/mol. The van der Waals surface area contributed by atoms with Gasteiger partial charge in [-0.05, 0) is 0 Å². The van der Waals surface area contributed by atoms with Crippen LogP contribution in [-0.4, -0.2) is 57.2 Å². The van der Waals surface area contributed by atoms with Crippen LogP contribution in [0.2, 0.25) is 0 Å². The van der Waals surface area contributed by atoms with E-state index in [1.165, 1.54) is 12.5 Å². The number of aliphatic hydroxyl groups excluding tert-OH is 1. The van der Waals surface area contributed by atoms with Gasteiger partial charge in [-0.2, -0.15) is 0 Å². The highest BCUT2D eigenvalue weighted by atomic mass is 35.5. The zero-order valence-corrected chi connectivity index (χ0v) is 11.4. The van der Waals surface area contributed by atoms with E-state index < -0.39 is 0 Å². The molecule has 1 N–H and O–H groups in total. The third-order valence-electron chi connectivity index (χ3n) is 1.38. The van der Waals surface area contributed by atoms with Gasteiger partial charge in [0.1, 0.15) is 13.2 Å². The highest BCUT2D eigenvalue weighted by Gasteiger charge is 1.88. The number of rotatable bonds is 12. The van der Waals surface area contributed by atoms with Crippen LogP contribution in [0.5, 0.6) is 0 Å². The van der Waals surface area contributed by atoms with E-state index in [0.29, 0.717) is 45.5 Å². The summed E-state index contributed by atoms with van der Waals surface area (Å²) < 4.78 is 19.5. The Morgan fingerprint density at radius 1 is 0.833 bits per heavy atom. The molecule has 0 rings (SSSR count). The lowest BCUT2D eigenvalue weighted by atomic mass is 10.7. The average Bonchev–Trinajstić information content (AvgIpc) is 2.40. The van der Waals surface area contributed by atoms with Crippen LogP contribution in [0.1, 0.15) is 0 Å². The fourth-order valence-electron chi connectivity index (χ4n) is 0.705. The van der Waals surface area contributed by atoms with Crippen LogP contribution in [0.3, 0.4) is 0 Å². The Morgan fingerprint density at radius 3 is 1.78 bits per heavy atom. The lowest BCUT2D eigenvalue weighted by Gasteiger charge is -2.03. The van der Waals surface area contributed by atoms with Crippen LogP contribution in [-0.2, 0) is 18.9 Å². The van der Waals surface area contributed by atoms with Crippen LogP contribution in [0.15, 0.2) is 25.7 Å². The summed E-state index contributed by atoms with van der Waals surface area (Å²) in [5, 5.41) is 8.34. The topological polar surface area (TPSA) is 57.2 Å². The maximum atomic E-state index is 8.34. The van der Waals surface area contributed by atoms with Crippen molar-refractivity contribution in [3.05, 3.63) is 25.7 Å². The van der Waals surface area contributed by atoms with Crippen molar-refractivity contribution in [3.63, 3.8) is 0 Å². The van der Waals surface area contributed by atoms with Crippen LogP contribution in [0, 0.1) is 0 Å². The van der Waals surface area contributed by atoms with Gasteiger partial charge in [-0.25, -0.2) is 0 Å². The largest absolute Gasteiger partial charge is 0.501 e. The van der Waals surface area contributed by atoms with Gasteiger partial charge >= 0.3 is 0 Å². The summed E-state index contributed by atoms with van der Waals surface area (Å²) in [6.45, 7) is 9.78. The number of hydrogen-bond donors (Lipinski definition) is 1. The molecule has 0 aliphatic rings. The maximum Gasteiger partial charge on any atom is 0.111 e. The van der Waals surface area contributed by atoms with Gasteiger partial charge in [0, 0.05) is 0 Å². The molecular weight excluding hydrogens is 260 g/mol. The van der Waals surface area contributed by atoms with Gasteiger partial charge in [-0.1, -0.05) is 13.2 Å². The van der Waals surface area contributed by atoms with Crippen LogP contribution in [0.4, 0.5) is 0 Å². The molecule has 0 aromatic rings. The van der Waals surface area contributed by atoms with Gasteiger partial charge in [-0.3, -0.25) is 0 Å². The highest BCUT2D eigenvalue weighted by molar-refractivity contribution is 6.17. The normalized spacial score (nSPS) is 9.00. The van der Waals surface area contributed by atoms with Crippen LogP contribution in [0.25, 0.3) is 0 Å². The maximum absolute atomic E-state index is 8.34.